The molecule has 0 spiro atoms. The fourth-order valence-corrected chi connectivity index (χ4v) is 2.83. The monoisotopic (exact) mass is 279 g/mol. The third-order valence-corrected chi connectivity index (χ3v) is 4.15. The molecule has 2 aromatic rings. The van der Waals surface area contributed by atoms with Crippen molar-refractivity contribution in [1.29, 1.82) is 0 Å². The number of nitrogen functional groups attached to an aromatic ring is 1. The van der Waals surface area contributed by atoms with Gasteiger partial charge in [-0.1, -0.05) is 13.3 Å². The predicted molar refractivity (Wildman–Crippen MR) is 80.5 cm³/mol. The summed E-state index contributed by atoms with van der Waals surface area (Å²) in [6, 6.07) is 0.130. The standard InChI is InChI=1S/C13H21N5S/c1-5-6-10-11(14)12(18(4)17-10)16-9(3)13-15-8(2)7-19-13/h7,9,16H,5-6,14H2,1-4H3. The van der Waals surface area contributed by atoms with Gasteiger partial charge in [0.05, 0.1) is 17.4 Å². The first-order valence-electron chi connectivity index (χ1n) is 6.52. The number of hydrogen-bond donors (Lipinski definition) is 2. The van der Waals surface area contributed by atoms with Crippen molar-refractivity contribution in [1.82, 2.24) is 14.8 Å². The molecule has 0 fully saturated rings. The second kappa shape index (κ2) is 5.61. The maximum Gasteiger partial charge on any atom is 0.148 e. The van der Waals surface area contributed by atoms with Gasteiger partial charge in [0.2, 0.25) is 0 Å². The lowest BCUT2D eigenvalue weighted by Gasteiger charge is -2.13. The van der Waals surface area contributed by atoms with Crippen LogP contribution in [0, 0.1) is 6.92 Å². The minimum Gasteiger partial charge on any atom is -0.394 e. The summed E-state index contributed by atoms with van der Waals surface area (Å²) in [7, 11) is 1.91. The second-order valence-corrected chi connectivity index (χ2v) is 5.67. The van der Waals surface area contributed by atoms with E-state index >= 15 is 0 Å². The fraction of sp³-hybridized carbons (Fsp3) is 0.538. The quantitative estimate of drug-likeness (QED) is 0.883. The lowest BCUT2D eigenvalue weighted by molar-refractivity contribution is 0.724. The summed E-state index contributed by atoms with van der Waals surface area (Å²) in [5.74, 6) is 0.879. The molecule has 0 aliphatic heterocycles. The first-order chi connectivity index (χ1) is 9.02. The molecule has 0 bridgehead atoms. The summed E-state index contributed by atoms with van der Waals surface area (Å²) in [6.45, 7) is 6.22. The van der Waals surface area contributed by atoms with Crippen molar-refractivity contribution in [2.75, 3.05) is 11.1 Å². The second-order valence-electron chi connectivity index (χ2n) is 4.78. The highest BCUT2D eigenvalue weighted by Crippen LogP contribution is 2.28. The molecular weight excluding hydrogens is 258 g/mol. The highest BCUT2D eigenvalue weighted by atomic mass is 32.1. The van der Waals surface area contributed by atoms with E-state index in [1.54, 1.807) is 11.3 Å². The highest BCUT2D eigenvalue weighted by Gasteiger charge is 2.16. The molecule has 104 valence electrons. The van der Waals surface area contributed by atoms with Crippen LogP contribution in [0.1, 0.15) is 42.7 Å². The molecular formula is C13H21N5S. The Morgan fingerprint density at radius 3 is 2.84 bits per heavy atom. The van der Waals surface area contributed by atoms with Crippen molar-refractivity contribution < 1.29 is 0 Å². The Morgan fingerprint density at radius 2 is 2.26 bits per heavy atom. The number of rotatable bonds is 5. The SMILES string of the molecule is CCCc1nn(C)c(NC(C)c2nc(C)cs2)c1N. The summed E-state index contributed by atoms with van der Waals surface area (Å²) in [4.78, 5) is 4.49. The van der Waals surface area contributed by atoms with Gasteiger partial charge < -0.3 is 11.1 Å². The number of thiazole rings is 1. The molecule has 3 N–H and O–H groups in total. The summed E-state index contributed by atoms with van der Waals surface area (Å²) < 4.78 is 1.82. The average Bonchev–Trinajstić information content (AvgIpc) is 2.90. The van der Waals surface area contributed by atoms with E-state index in [1.165, 1.54) is 0 Å². The van der Waals surface area contributed by atoms with Crippen molar-refractivity contribution in [2.24, 2.45) is 7.05 Å². The van der Waals surface area contributed by atoms with Gasteiger partial charge in [0.1, 0.15) is 10.8 Å². The Balaban J connectivity index is 2.19. The van der Waals surface area contributed by atoms with E-state index in [4.69, 9.17) is 5.73 Å². The minimum absolute atomic E-state index is 0.130. The van der Waals surface area contributed by atoms with Gasteiger partial charge in [0.25, 0.3) is 0 Å². The molecule has 2 heterocycles. The molecule has 0 saturated heterocycles. The zero-order chi connectivity index (χ0) is 14.0. The Kier molecular flexibility index (Phi) is 4.09. The molecule has 0 saturated carbocycles. The normalized spacial score (nSPS) is 12.6. The number of aryl methyl sites for hydroxylation is 3. The summed E-state index contributed by atoms with van der Waals surface area (Å²) in [5.41, 5.74) is 8.93. The van der Waals surface area contributed by atoms with Gasteiger partial charge in [-0.15, -0.1) is 11.3 Å². The molecule has 2 aromatic heterocycles. The molecule has 2 rings (SSSR count). The van der Waals surface area contributed by atoms with Gasteiger partial charge in [0, 0.05) is 18.1 Å². The third-order valence-electron chi connectivity index (χ3n) is 3.01. The lowest BCUT2D eigenvalue weighted by atomic mass is 10.2. The van der Waals surface area contributed by atoms with Crippen molar-refractivity contribution >= 4 is 22.8 Å². The number of nitrogens with one attached hydrogen (secondary N) is 1. The Hall–Kier alpha value is -1.56. The van der Waals surface area contributed by atoms with Gasteiger partial charge >= 0.3 is 0 Å². The van der Waals surface area contributed by atoms with Crippen LogP contribution in [0.4, 0.5) is 11.5 Å². The molecule has 6 heteroatoms. The van der Waals surface area contributed by atoms with E-state index in [1.807, 2.05) is 18.7 Å². The zero-order valence-electron chi connectivity index (χ0n) is 11.9. The molecule has 0 amide bonds. The highest BCUT2D eigenvalue weighted by molar-refractivity contribution is 7.09. The molecule has 0 aromatic carbocycles. The van der Waals surface area contributed by atoms with E-state index in [9.17, 15) is 0 Å². The maximum atomic E-state index is 6.16. The van der Waals surface area contributed by atoms with Gasteiger partial charge in [-0.25, -0.2) is 4.98 Å². The van der Waals surface area contributed by atoms with Crippen LogP contribution in [0.15, 0.2) is 5.38 Å². The minimum atomic E-state index is 0.130. The van der Waals surface area contributed by atoms with E-state index in [0.717, 1.165) is 40.7 Å². The van der Waals surface area contributed by atoms with E-state index < -0.39 is 0 Å². The first-order valence-corrected chi connectivity index (χ1v) is 7.40. The molecule has 0 radical (unpaired) electrons. The Labute approximate surface area is 117 Å². The first kappa shape index (κ1) is 13.9. The van der Waals surface area contributed by atoms with Gasteiger partial charge in [-0.2, -0.15) is 5.10 Å². The van der Waals surface area contributed by atoms with Crippen molar-refractivity contribution in [2.45, 2.75) is 39.7 Å². The fourth-order valence-electron chi connectivity index (χ4n) is 2.03. The number of nitrogens with zero attached hydrogens (tertiary/aromatic N) is 3. The zero-order valence-corrected chi connectivity index (χ0v) is 12.7. The Morgan fingerprint density at radius 1 is 1.53 bits per heavy atom. The van der Waals surface area contributed by atoms with Crippen LogP contribution in [-0.2, 0) is 13.5 Å². The van der Waals surface area contributed by atoms with E-state index in [0.29, 0.717) is 0 Å². The number of aromatic nitrogens is 3. The molecule has 1 unspecified atom stereocenters. The smallest absolute Gasteiger partial charge is 0.148 e. The molecule has 0 aliphatic carbocycles. The van der Waals surface area contributed by atoms with Crippen LogP contribution in [0.2, 0.25) is 0 Å². The predicted octanol–water partition coefficient (Wildman–Crippen LogP) is 2.89. The van der Waals surface area contributed by atoms with Gasteiger partial charge in [-0.3, -0.25) is 4.68 Å². The summed E-state index contributed by atoms with van der Waals surface area (Å²) >= 11 is 1.66. The Bertz CT molecular complexity index is 557. The summed E-state index contributed by atoms with van der Waals surface area (Å²) in [6.07, 6.45) is 1.95. The van der Waals surface area contributed by atoms with Crippen LogP contribution in [0.25, 0.3) is 0 Å². The number of hydrogen-bond acceptors (Lipinski definition) is 5. The third kappa shape index (κ3) is 2.89. The average molecular weight is 279 g/mol. The van der Waals surface area contributed by atoms with Crippen LogP contribution >= 0.6 is 11.3 Å². The van der Waals surface area contributed by atoms with E-state index in [-0.39, 0.29) is 6.04 Å². The summed E-state index contributed by atoms with van der Waals surface area (Å²) in [5, 5.41) is 11.0. The molecule has 19 heavy (non-hydrogen) atoms. The topological polar surface area (TPSA) is 68.8 Å². The van der Waals surface area contributed by atoms with Crippen molar-refractivity contribution in [3.05, 3.63) is 21.8 Å². The molecule has 0 aliphatic rings. The molecule has 5 nitrogen and oxygen atoms in total. The maximum absolute atomic E-state index is 6.16. The van der Waals surface area contributed by atoms with E-state index in [2.05, 4.69) is 34.6 Å². The van der Waals surface area contributed by atoms with Crippen LogP contribution < -0.4 is 11.1 Å². The number of anilines is 2. The van der Waals surface area contributed by atoms with Crippen LogP contribution in [0.3, 0.4) is 0 Å². The van der Waals surface area contributed by atoms with Crippen LogP contribution in [0.5, 0.6) is 0 Å². The van der Waals surface area contributed by atoms with Gasteiger partial charge in [0.15, 0.2) is 0 Å². The van der Waals surface area contributed by atoms with Gasteiger partial charge in [-0.05, 0) is 20.3 Å². The van der Waals surface area contributed by atoms with Crippen LogP contribution in [-0.4, -0.2) is 14.8 Å². The van der Waals surface area contributed by atoms with Crippen molar-refractivity contribution in [3.8, 4) is 0 Å². The largest absolute Gasteiger partial charge is 0.394 e. The molecule has 1 atom stereocenters. The number of nitrogens with two attached hydrogens (primary N) is 1. The lowest BCUT2D eigenvalue weighted by Crippen LogP contribution is -2.11. The van der Waals surface area contributed by atoms with Crippen molar-refractivity contribution in [3.63, 3.8) is 0 Å².